The Kier molecular flexibility index (Phi) is 1.38. The van der Waals surface area contributed by atoms with Crippen molar-refractivity contribution in [2.24, 2.45) is 0 Å². The Morgan fingerprint density at radius 3 is 2.25 bits per heavy atom. The van der Waals surface area contributed by atoms with Crippen LogP contribution in [-0.2, 0) is 0 Å². The summed E-state index contributed by atoms with van der Waals surface area (Å²) in [5, 5.41) is 0. The van der Waals surface area contributed by atoms with Crippen molar-refractivity contribution in [2.45, 2.75) is 13.8 Å². The lowest BCUT2D eigenvalue weighted by Crippen LogP contribution is -1.69. The van der Waals surface area contributed by atoms with Gasteiger partial charge in [0.25, 0.3) is 0 Å². The number of oxazole rings is 1. The monoisotopic (exact) mass is 175 g/mol. The molecule has 0 aliphatic rings. The third-order valence-electron chi connectivity index (χ3n) is 0.847. The first-order chi connectivity index (χ1) is 3.70. The highest BCUT2D eigenvalue weighted by Crippen LogP contribution is 2.15. The van der Waals surface area contributed by atoms with Gasteiger partial charge < -0.3 is 4.42 Å². The first kappa shape index (κ1) is 5.82. The minimum atomic E-state index is 0.703. The van der Waals surface area contributed by atoms with Crippen molar-refractivity contribution in [3.63, 3.8) is 0 Å². The summed E-state index contributed by atoms with van der Waals surface area (Å²) in [4.78, 5) is 4.00. The fraction of sp³-hybridized carbons (Fsp3) is 0.400. The lowest BCUT2D eigenvalue weighted by atomic mass is 10.6. The van der Waals surface area contributed by atoms with E-state index in [2.05, 4.69) is 20.9 Å². The van der Waals surface area contributed by atoms with Gasteiger partial charge in [-0.3, -0.25) is 0 Å². The average Bonchev–Trinajstić information content (AvgIpc) is 1.85. The van der Waals surface area contributed by atoms with Gasteiger partial charge in [-0.2, -0.15) is 0 Å². The molecule has 1 rings (SSSR count). The molecule has 0 radical (unpaired) electrons. The van der Waals surface area contributed by atoms with E-state index in [1.165, 1.54) is 0 Å². The van der Waals surface area contributed by atoms with E-state index in [4.69, 9.17) is 4.42 Å². The van der Waals surface area contributed by atoms with Gasteiger partial charge >= 0.3 is 0 Å². The lowest BCUT2D eigenvalue weighted by molar-refractivity contribution is 0.498. The molecule has 0 saturated heterocycles. The SMILES string of the molecule is Cc1nc(C)c(Br)o1. The molecule has 1 aromatic heterocycles. The number of aryl methyl sites for hydroxylation is 2. The van der Waals surface area contributed by atoms with Crippen molar-refractivity contribution < 1.29 is 4.42 Å². The van der Waals surface area contributed by atoms with Gasteiger partial charge in [0.2, 0.25) is 0 Å². The van der Waals surface area contributed by atoms with E-state index in [1.54, 1.807) is 0 Å². The Morgan fingerprint density at radius 2 is 2.12 bits per heavy atom. The molecule has 0 unspecified atom stereocenters. The fourth-order valence-corrected chi connectivity index (χ4v) is 0.829. The molecule has 0 aliphatic carbocycles. The van der Waals surface area contributed by atoms with Gasteiger partial charge in [0, 0.05) is 6.92 Å². The Bertz CT molecular complexity index is 175. The first-order valence-electron chi connectivity index (χ1n) is 2.29. The van der Waals surface area contributed by atoms with Crippen LogP contribution in [0.1, 0.15) is 11.6 Å². The maximum absolute atomic E-state index is 5.02. The van der Waals surface area contributed by atoms with Gasteiger partial charge in [0.05, 0.1) is 5.69 Å². The first-order valence-corrected chi connectivity index (χ1v) is 3.09. The van der Waals surface area contributed by atoms with E-state index in [1.807, 2.05) is 13.8 Å². The second-order valence-electron chi connectivity index (χ2n) is 1.59. The Labute approximate surface area is 56.0 Å². The molecular formula is C5H6BrNO. The van der Waals surface area contributed by atoms with Crippen LogP contribution in [0.2, 0.25) is 0 Å². The van der Waals surface area contributed by atoms with E-state index in [-0.39, 0.29) is 0 Å². The van der Waals surface area contributed by atoms with Crippen LogP contribution in [-0.4, -0.2) is 4.98 Å². The van der Waals surface area contributed by atoms with Crippen LogP contribution >= 0.6 is 15.9 Å². The summed E-state index contributed by atoms with van der Waals surface area (Å²) >= 11 is 3.19. The van der Waals surface area contributed by atoms with Crippen molar-refractivity contribution in [3.8, 4) is 0 Å². The molecule has 1 heterocycles. The van der Waals surface area contributed by atoms with Crippen LogP contribution in [0.25, 0.3) is 0 Å². The molecule has 0 saturated carbocycles. The number of hydrogen-bond donors (Lipinski definition) is 0. The predicted molar refractivity (Wildman–Crippen MR) is 33.7 cm³/mol. The summed E-state index contributed by atoms with van der Waals surface area (Å²) in [6.45, 7) is 3.71. The number of rotatable bonds is 0. The minimum Gasteiger partial charge on any atom is -0.434 e. The minimum absolute atomic E-state index is 0.703. The average molecular weight is 176 g/mol. The van der Waals surface area contributed by atoms with E-state index >= 15 is 0 Å². The number of hydrogen-bond acceptors (Lipinski definition) is 2. The van der Waals surface area contributed by atoms with E-state index < -0.39 is 0 Å². The van der Waals surface area contributed by atoms with Crippen LogP contribution in [0.15, 0.2) is 9.09 Å². The van der Waals surface area contributed by atoms with Crippen molar-refractivity contribution in [2.75, 3.05) is 0 Å². The topological polar surface area (TPSA) is 26.0 Å². The van der Waals surface area contributed by atoms with Gasteiger partial charge in [-0.05, 0) is 22.9 Å². The highest BCUT2D eigenvalue weighted by atomic mass is 79.9. The molecule has 0 amide bonds. The Morgan fingerprint density at radius 1 is 1.50 bits per heavy atom. The van der Waals surface area contributed by atoms with Crippen molar-refractivity contribution in [1.29, 1.82) is 0 Å². The van der Waals surface area contributed by atoms with E-state index in [9.17, 15) is 0 Å². The Hall–Kier alpha value is -0.310. The zero-order valence-electron chi connectivity index (χ0n) is 4.73. The zero-order chi connectivity index (χ0) is 6.15. The van der Waals surface area contributed by atoms with Crippen molar-refractivity contribution >= 4 is 15.9 Å². The third kappa shape index (κ3) is 0.916. The highest BCUT2D eigenvalue weighted by molar-refractivity contribution is 9.10. The molecule has 0 bridgehead atoms. The molecule has 0 N–H and O–H groups in total. The number of halogens is 1. The quantitative estimate of drug-likeness (QED) is 0.604. The summed E-state index contributed by atoms with van der Waals surface area (Å²) in [6, 6.07) is 0. The van der Waals surface area contributed by atoms with Crippen LogP contribution in [0, 0.1) is 13.8 Å². The summed E-state index contributed by atoms with van der Waals surface area (Å²) in [6.07, 6.45) is 0. The molecule has 0 atom stereocenters. The van der Waals surface area contributed by atoms with E-state index in [0.29, 0.717) is 5.89 Å². The molecular weight excluding hydrogens is 170 g/mol. The molecule has 1 aromatic rings. The van der Waals surface area contributed by atoms with Crippen LogP contribution in [0.3, 0.4) is 0 Å². The van der Waals surface area contributed by atoms with Crippen molar-refractivity contribution in [1.82, 2.24) is 4.98 Å². The van der Waals surface area contributed by atoms with Crippen LogP contribution < -0.4 is 0 Å². The molecule has 3 heteroatoms. The summed E-state index contributed by atoms with van der Waals surface area (Å²) in [7, 11) is 0. The van der Waals surface area contributed by atoms with E-state index in [0.717, 1.165) is 10.4 Å². The van der Waals surface area contributed by atoms with Crippen LogP contribution in [0.4, 0.5) is 0 Å². The maximum Gasteiger partial charge on any atom is 0.192 e. The van der Waals surface area contributed by atoms with Gasteiger partial charge in [0.1, 0.15) is 0 Å². The van der Waals surface area contributed by atoms with Crippen LogP contribution in [0.5, 0.6) is 0 Å². The largest absolute Gasteiger partial charge is 0.434 e. The number of nitrogens with zero attached hydrogens (tertiary/aromatic N) is 1. The summed E-state index contributed by atoms with van der Waals surface area (Å²) in [5.74, 6) is 0.703. The lowest BCUT2D eigenvalue weighted by Gasteiger charge is -1.74. The zero-order valence-corrected chi connectivity index (χ0v) is 6.32. The smallest absolute Gasteiger partial charge is 0.192 e. The molecule has 0 aliphatic heterocycles. The van der Waals surface area contributed by atoms with Gasteiger partial charge in [-0.1, -0.05) is 0 Å². The predicted octanol–water partition coefficient (Wildman–Crippen LogP) is 2.05. The standard InChI is InChI=1S/C5H6BrNO/c1-3-5(6)8-4(2)7-3/h1-2H3. The summed E-state index contributed by atoms with van der Waals surface area (Å²) in [5.41, 5.74) is 0.905. The van der Waals surface area contributed by atoms with Gasteiger partial charge in [-0.15, -0.1) is 0 Å². The number of aromatic nitrogens is 1. The molecule has 0 fully saturated rings. The highest BCUT2D eigenvalue weighted by Gasteiger charge is 1.99. The van der Waals surface area contributed by atoms with Gasteiger partial charge in [-0.25, -0.2) is 4.98 Å². The summed E-state index contributed by atoms with van der Waals surface area (Å²) < 4.78 is 5.75. The Balaban J connectivity index is 3.14. The van der Waals surface area contributed by atoms with Crippen molar-refractivity contribution in [3.05, 3.63) is 16.3 Å². The molecule has 0 aromatic carbocycles. The molecule has 44 valence electrons. The molecule has 0 spiro atoms. The third-order valence-corrected chi connectivity index (χ3v) is 1.58. The molecule has 2 nitrogen and oxygen atoms in total. The maximum atomic E-state index is 5.02. The molecule has 8 heavy (non-hydrogen) atoms. The fourth-order valence-electron chi connectivity index (χ4n) is 0.506. The normalized spacial score (nSPS) is 9.88. The second-order valence-corrected chi connectivity index (χ2v) is 2.31. The van der Waals surface area contributed by atoms with Gasteiger partial charge in [0.15, 0.2) is 10.6 Å². The second kappa shape index (κ2) is 1.90.